The van der Waals surface area contributed by atoms with E-state index < -0.39 is 0 Å². The number of hydrogen-bond donors (Lipinski definition) is 1. The van der Waals surface area contributed by atoms with Crippen LogP contribution in [0.5, 0.6) is 11.5 Å². The van der Waals surface area contributed by atoms with Gasteiger partial charge in [0, 0.05) is 16.7 Å². The molecule has 0 saturated carbocycles. The van der Waals surface area contributed by atoms with Gasteiger partial charge in [-0.25, -0.2) is 0 Å². The lowest BCUT2D eigenvalue weighted by atomic mass is 10.1. The standard InChI is InChI=1S/C30H30ClN3O3/c1-20-8-7-10-26(16-20)37-19-25-17-23(12-14-28(25)36-4)13-15-29(35)32-30-21(2)33-34(22(30)3)18-24-9-5-6-11-27(24)31/h5-17H,18-19H2,1-4H3,(H,32,35)/b15-13+. The number of nitrogens with one attached hydrogen (secondary N) is 1. The second-order valence-electron chi connectivity index (χ2n) is 8.79. The number of aryl methyl sites for hydroxylation is 2. The lowest BCUT2D eigenvalue weighted by Crippen LogP contribution is -2.10. The van der Waals surface area contributed by atoms with E-state index in [1.54, 1.807) is 13.2 Å². The van der Waals surface area contributed by atoms with Crippen molar-refractivity contribution in [3.05, 3.63) is 111 Å². The molecule has 37 heavy (non-hydrogen) atoms. The van der Waals surface area contributed by atoms with Crippen molar-refractivity contribution < 1.29 is 14.3 Å². The zero-order valence-corrected chi connectivity index (χ0v) is 22.2. The van der Waals surface area contributed by atoms with Gasteiger partial charge in [0.1, 0.15) is 18.1 Å². The van der Waals surface area contributed by atoms with Crippen LogP contribution in [0.25, 0.3) is 6.08 Å². The number of rotatable bonds is 9. The van der Waals surface area contributed by atoms with Crippen molar-refractivity contribution in [2.75, 3.05) is 12.4 Å². The van der Waals surface area contributed by atoms with E-state index in [1.807, 2.05) is 92.2 Å². The Kier molecular flexibility index (Phi) is 8.31. The fourth-order valence-corrected chi connectivity index (χ4v) is 4.23. The summed E-state index contributed by atoms with van der Waals surface area (Å²) in [6.45, 7) is 6.71. The van der Waals surface area contributed by atoms with E-state index >= 15 is 0 Å². The molecule has 0 saturated heterocycles. The summed E-state index contributed by atoms with van der Waals surface area (Å²) in [7, 11) is 1.63. The first-order valence-electron chi connectivity index (χ1n) is 12.0. The Hall–Kier alpha value is -4.03. The number of aromatic nitrogens is 2. The van der Waals surface area contributed by atoms with Crippen molar-refractivity contribution in [3.63, 3.8) is 0 Å². The molecule has 0 radical (unpaired) electrons. The predicted molar refractivity (Wildman–Crippen MR) is 148 cm³/mol. The molecule has 1 aromatic heterocycles. The van der Waals surface area contributed by atoms with Crippen molar-refractivity contribution in [3.8, 4) is 11.5 Å². The van der Waals surface area contributed by atoms with Crippen molar-refractivity contribution in [2.24, 2.45) is 0 Å². The Morgan fingerprint density at radius 2 is 1.84 bits per heavy atom. The molecule has 0 aliphatic carbocycles. The summed E-state index contributed by atoms with van der Waals surface area (Å²) in [5.41, 5.74) is 6.15. The maximum atomic E-state index is 12.8. The average molecular weight is 516 g/mol. The minimum Gasteiger partial charge on any atom is -0.496 e. The first-order chi connectivity index (χ1) is 17.8. The van der Waals surface area contributed by atoms with Crippen LogP contribution >= 0.6 is 11.6 Å². The molecule has 0 atom stereocenters. The largest absolute Gasteiger partial charge is 0.496 e. The summed E-state index contributed by atoms with van der Waals surface area (Å²) in [5.74, 6) is 1.28. The summed E-state index contributed by atoms with van der Waals surface area (Å²) in [6, 6.07) is 21.3. The van der Waals surface area contributed by atoms with Gasteiger partial charge in [-0.3, -0.25) is 9.48 Å². The Balaban J connectivity index is 1.44. The van der Waals surface area contributed by atoms with Crippen molar-refractivity contribution in [1.82, 2.24) is 9.78 Å². The fraction of sp³-hybridized carbons (Fsp3) is 0.200. The summed E-state index contributed by atoms with van der Waals surface area (Å²) in [6.07, 6.45) is 3.28. The first-order valence-corrected chi connectivity index (χ1v) is 12.3. The number of carbonyl (C=O) groups excluding carboxylic acids is 1. The molecule has 3 aromatic carbocycles. The first kappa shape index (κ1) is 26.0. The molecule has 1 N–H and O–H groups in total. The molecule has 190 valence electrons. The van der Waals surface area contributed by atoms with Gasteiger partial charge >= 0.3 is 0 Å². The molecular formula is C30H30ClN3O3. The molecule has 0 bridgehead atoms. The molecule has 1 heterocycles. The molecule has 0 aliphatic rings. The zero-order chi connectivity index (χ0) is 26.4. The number of benzene rings is 3. The summed E-state index contributed by atoms with van der Waals surface area (Å²) in [5, 5.41) is 8.24. The molecule has 0 fully saturated rings. The zero-order valence-electron chi connectivity index (χ0n) is 21.4. The van der Waals surface area contributed by atoms with Crippen LogP contribution in [0.2, 0.25) is 5.02 Å². The van der Waals surface area contributed by atoms with Crippen LogP contribution in [-0.2, 0) is 17.9 Å². The van der Waals surface area contributed by atoms with E-state index in [0.29, 0.717) is 23.9 Å². The molecule has 0 unspecified atom stereocenters. The van der Waals surface area contributed by atoms with E-state index in [-0.39, 0.29) is 5.91 Å². The van der Waals surface area contributed by atoms with Crippen molar-refractivity contribution in [1.29, 1.82) is 0 Å². The summed E-state index contributed by atoms with van der Waals surface area (Å²) in [4.78, 5) is 12.8. The normalized spacial score (nSPS) is 11.1. The second kappa shape index (κ2) is 11.8. The Bertz CT molecular complexity index is 1440. The van der Waals surface area contributed by atoms with Crippen LogP contribution in [0, 0.1) is 20.8 Å². The predicted octanol–water partition coefficient (Wildman–Crippen LogP) is 6.75. The molecule has 0 spiro atoms. The number of anilines is 1. The van der Waals surface area contributed by atoms with Gasteiger partial charge in [0.15, 0.2) is 0 Å². The third-order valence-corrected chi connectivity index (χ3v) is 6.39. The number of ether oxygens (including phenoxy) is 2. The maximum absolute atomic E-state index is 12.8. The molecule has 0 aliphatic heterocycles. The maximum Gasteiger partial charge on any atom is 0.248 e. The number of amides is 1. The molecular weight excluding hydrogens is 486 g/mol. The molecule has 4 aromatic rings. The van der Waals surface area contributed by atoms with E-state index in [2.05, 4.69) is 10.4 Å². The van der Waals surface area contributed by atoms with Crippen LogP contribution in [0.15, 0.2) is 72.8 Å². The third kappa shape index (κ3) is 6.60. The van der Waals surface area contributed by atoms with Gasteiger partial charge in [-0.15, -0.1) is 0 Å². The van der Waals surface area contributed by atoms with Crippen molar-refractivity contribution >= 4 is 29.3 Å². The van der Waals surface area contributed by atoms with E-state index in [9.17, 15) is 4.79 Å². The SMILES string of the molecule is COc1ccc(/C=C/C(=O)Nc2c(C)nn(Cc3ccccc3Cl)c2C)cc1COc1cccc(C)c1. The minimum absolute atomic E-state index is 0.239. The van der Waals surface area contributed by atoms with Crippen LogP contribution in [-0.4, -0.2) is 22.8 Å². The Morgan fingerprint density at radius 1 is 1.03 bits per heavy atom. The topological polar surface area (TPSA) is 65.4 Å². The number of hydrogen-bond acceptors (Lipinski definition) is 4. The van der Waals surface area contributed by atoms with E-state index in [0.717, 1.165) is 45.1 Å². The summed E-state index contributed by atoms with van der Waals surface area (Å²) < 4.78 is 13.3. The lowest BCUT2D eigenvalue weighted by molar-refractivity contribution is -0.111. The third-order valence-electron chi connectivity index (χ3n) is 6.02. The highest BCUT2D eigenvalue weighted by atomic mass is 35.5. The van der Waals surface area contributed by atoms with Crippen molar-refractivity contribution in [2.45, 2.75) is 33.9 Å². The van der Waals surface area contributed by atoms with Crippen LogP contribution in [0.1, 0.15) is 33.6 Å². The van der Waals surface area contributed by atoms with Gasteiger partial charge < -0.3 is 14.8 Å². The number of halogens is 1. The van der Waals surface area contributed by atoms with Gasteiger partial charge in [-0.1, -0.05) is 48.0 Å². The van der Waals surface area contributed by atoms with Gasteiger partial charge in [-0.05, 0) is 73.9 Å². The van der Waals surface area contributed by atoms with E-state index in [4.69, 9.17) is 21.1 Å². The highest BCUT2D eigenvalue weighted by Crippen LogP contribution is 2.25. The second-order valence-corrected chi connectivity index (χ2v) is 9.20. The fourth-order valence-electron chi connectivity index (χ4n) is 4.04. The molecule has 1 amide bonds. The Labute approximate surface area is 222 Å². The average Bonchev–Trinajstić information content (AvgIpc) is 3.15. The van der Waals surface area contributed by atoms with Crippen LogP contribution in [0.3, 0.4) is 0 Å². The number of nitrogens with zero attached hydrogens (tertiary/aromatic N) is 2. The van der Waals surface area contributed by atoms with E-state index in [1.165, 1.54) is 6.08 Å². The van der Waals surface area contributed by atoms with Gasteiger partial charge in [0.25, 0.3) is 0 Å². The van der Waals surface area contributed by atoms with Crippen LogP contribution < -0.4 is 14.8 Å². The highest BCUT2D eigenvalue weighted by molar-refractivity contribution is 6.31. The number of carbonyl (C=O) groups is 1. The molecule has 4 rings (SSSR count). The van der Waals surface area contributed by atoms with Gasteiger partial charge in [-0.2, -0.15) is 5.10 Å². The van der Waals surface area contributed by atoms with Crippen LogP contribution in [0.4, 0.5) is 5.69 Å². The molecule has 7 heteroatoms. The number of methoxy groups -OCH3 is 1. The highest BCUT2D eigenvalue weighted by Gasteiger charge is 2.14. The quantitative estimate of drug-likeness (QED) is 0.250. The monoisotopic (exact) mass is 515 g/mol. The lowest BCUT2D eigenvalue weighted by Gasteiger charge is -2.11. The Morgan fingerprint density at radius 3 is 2.59 bits per heavy atom. The molecule has 6 nitrogen and oxygen atoms in total. The smallest absolute Gasteiger partial charge is 0.248 e. The van der Waals surface area contributed by atoms with Gasteiger partial charge in [0.05, 0.1) is 30.7 Å². The minimum atomic E-state index is -0.239. The summed E-state index contributed by atoms with van der Waals surface area (Å²) >= 11 is 6.31. The van der Waals surface area contributed by atoms with Gasteiger partial charge in [0.2, 0.25) is 5.91 Å².